The van der Waals surface area contributed by atoms with Crippen molar-refractivity contribution in [2.24, 2.45) is 0 Å². The highest BCUT2D eigenvalue weighted by Gasteiger charge is 2.35. The fourth-order valence-electron chi connectivity index (χ4n) is 1.92. The van der Waals surface area contributed by atoms with Gasteiger partial charge in [0.05, 0.1) is 0 Å². The second kappa shape index (κ2) is 3.13. The van der Waals surface area contributed by atoms with Crippen molar-refractivity contribution >= 4 is 17.3 Å². The zero-order valence-corrected chi connectivity index (χ0v) is 9.03. The molecule has 1 nitrogen and oxygen atoms in total. The Morgan fingerprint density at radius 2 is 2.21 bits per heavy atom. The fraction of sp³-hybridized carbons (Fsp3) is 0.455. The van der Waals surface area contributed by atoms with Gasteiger partial charge in [-0.15, -0.1) is 0 Å². The van der Waals surface area contributed by atoms with Crippen LogP contribution in [-0.4, -0.2) is 12.2 Å². The van der Waals surface area contributed by atoms with Gasteiger partial charge >= 0.3 is 0 Å². The van der Waals surface area contributed by atoms with E-state index in [1.165, 1.54) is 0 Å². The first kappa shape index (κ1) is 9.78. The lowest BCUT2D eigenvalue weighted by Crippen LogP contribution is -2.25. The van der Waals surface area contributed by atoms with Crippen molar-refractivity contribution in [3.8, 4) is 0 Å². The second-order valence-corrected chi connectivity index (χ2v) is 4.67. The van der Waals surface area contributed by atoms with E-state index in [4.69, 9.17) is 11.6 Å². The lowest BCUT2D eigenvalue weighted by atomic mass is 9.88. The Balaban J connectivity index is 2.43. The molecular formula is C11H13ClFN. The van der Waals surface area contributed by atoms with E-state index in [1.54, 1.807) is 13.8 Å². The summed E-state index contributed by atoms with van der Waals surface area (Å²) in [5.41, 5.74) is 0.790. The maximum absolute atomic E-state index is 13.8. The van der Waals surface area contributed by atoms with E-state index in [1.807, 2.05) is 18.2 Å². The number of fused-ring (bicyclic) bond motifs is 1. The van der Waals surface area contributed by atoms with Gasteiger partial charge < -0.3 is 5.32 Å². The van der Waals surface area contributed by atoms with Crippen LogP contribution in [0.1, 0.15) is 25.3 Å². The third-order valence-electron chi connectivity index (χ3n) is 2.71. The number of rotatable bonds is 1. The van der Waals surface area contributed by atoms with E-state index in [-0.39, 0.29) is 5.92 Å². The molecular weight excluding hydrogens is 201 g/mol. The zero-order valence-electron chi connectivity index (χ0n) is 8.27. The van der Waals surface area contributed by atoms with Crippen molar-refractivity contribution in [1.29, 1.82) is 0 Å². The second-order valence-electron chi connectivity index (χ2n) is 4.23. The molecule has 0 saturated carbocycles. The molecule has 1 aliphatic heterocycles. The molecule has 1 N–H and O–H groups in total. The molecule has 1 atom stereocenters. The lowest BCUT2D eigenvalue weighted by molar-refractivity contribution is 0.180. The third-order valence-corrected chi connectivity index (χ3v) is 2.95. The van der Waals surface area contributed by atoms with E-state index < -0.39 is 5.67 Å². The van der Waals surface area contributed by atoms with Crippen LogP contribution < -0.4 is 5.32 Å². The van der Waals surface area contributed by atoms with Gasteiger partial charge in [-0.1, -0.05) is 11.6 Å². The van der Waals surface area contributed by atoms with Gasteiger partial charge in [0, 0.05) is 23.2 Å². The number of alkyl halides is 1. The van der Waals surface area contributed by atoms with E-state index in [0.29, 0.717) is 11.6 Å². The highest BCUT2D eigenvalue weighted by Crippen LogP contribution is 2.41. The standard InChI is InChI=1S/C11H13ClFN/c1-11(2,13)9-6-14-10-4-3-7(12)5-8(9)10/h3-5,9,14H,6H2,1-2H3. The van der Waals surface area contributed by atoms with Gasteiger partial charge in [0.1, 0.15) is 5.67 Å². The van der Waals surface area contributed by atoms with E-state index in [2.05, 4.69) is 5.32 Å². The molecule has 0 radical (unpaired) electrons. The topological polar surface area (TPSA) is 12.0 Å². The molecule has 0 bridgehead atoms. The van der Waals surface area contributed by atoms with Gasteiger partial charge in [-0.3, -0.25) is 0 Å². The molecule has 3 heteroatoms. The maximum atomic E-state index is 13.8. The molecule has 2 rings (SSSR count). The molecule has 76 valence electrons. The van der Waals surface area contributed by atoms with Gasteiger partial charge in [0.25, 0.3) is 0 Å². The van der Waals surface area contributed by atoms with Gasteiger partial charge in [-0.2, -0.15) is 0 Å². The molecule has 0 saturated heterocycles. The average molecular weight is 214 g/mol. The van der Waals surface area contributed by atoms with Gasteiger partial charge in [-0.05, 0) is 37.6 Å². The Bertz CT molecular complexity index is 357. The van der Waals surface area contributed by atoms with Crippen molar-refractivity contribution < 1.29 is 4.39 Å². The number of hydrogen-bond acceptors (Lipinski definition) is 1. The largest absolute Gasteiger partial charge is 0.384 e. The number of nitrogens with one attached hydrogen (secondary N) is 1. The number of anilines is 1. The SMILES string of the molecule is CC(C)(F)C1CNc2ccc(Cl)cc21. The first-order chi connectivity index (χ1) is 6.48. The lowest BCUT2D eigenvalue weighted by Gasteiger charge is -2.22. The summed E-state index contributed by atoms with van der Waals surface area (Å²) in [5, 5.41) is 3.85. The van der Waals surface area contributed by atoms with Crippen molar-refractivity contribution in [3.05, 3.63) is 28.8 Å². The molecule has 1 unspecified atom stereocenters. The summed E-state index contributed by atoms with van der Waals surface area (Å²) in [6, 6.07) is 5.58. The molecule has 0 fully saturated rings. The molecule has 0 aliphatic carbocycles. The summed E-state index contributed by atoms with van der Waals surface area (Å²) in [4.78, 5) is 0. The van der Waals surface area contributed by atoms with E-state index >= 15 is 0 Å². The predicted octanol–water partition coefficient (Wildman–Crippen LogP) is 3.60. The predicted molar refractivity (Wildman–Crippen MR) is 57.9 cm³/mol. The molecule has 14 heavy (non-hydrogen) atoms. The molecule has 1 heterocycles. The maximum Gasteiger partial charge on any atom is 0.114 e. The van der Waals surface area contributed by atoms with Gasteiger partial charge in [-0.25, -0.2) is 4.39 Å². The van der Waals surface area contributed by atoms with E-state index in [9.17, 15) is 4.39 Å². The molecule has 0 aromatic heterocycles. The Kier molecular flexibility index (Phi) is 2.18. The van der Waals surface area contributed by atoms with Crippen LogP contribution in [0.4, 0.5) is 10.1 Å². The van der Waals surface area contributed by atoms with Crippen LogP contribution in [0.3, 0.4) is 0 Å². The fourth-order valence-corrected chi connectivity index (χ4v) is 2.10. The Labute approximate surface area is 88.3 Å². The van der Waals surface area contributed by atoms with Crippen LogP contribution >= 0.6 is 11.6 Å². The van der Waals surface area contributed by atoms with E-state index in [0.717, 1.165) is 11.3 Å². The summed E-state index contributed by atoms with van der Waals surface area (Å²) in [6.07, 6.45) is 0. The summed E-state index contributed by atoms with van der Waals surface area (Å²) in [7, 11) is 0. The van der Waals surface area contributed by atoms with Crippen molar-refractivity contribution in [2.45, 2.75) is 25.4 Å². The molecule has 1 aromatic rings. The average Bonchev–Trinajstić information content (AvgIpc) is 2.45. The summed E-state index contributed by atoms with van der Waals surface area (Å²) >= 11 is 5.89. The van der Waals surface area contributed by atoms with Crippen LogP contribution in [-0.2, 0) is 0 Å². The molecule has 1 aliphatic rings. The first-order valence-electron chi connectivity index (χ1n) is 4.71. The minimum atomic E-state index is -1.21. The monoisotopic (exact) mass is 213 g/mol. The molecule has 1 aromatic carbocycles. The third kappa shape index (κ3) is 1.59. The Hall–Kier alpha value is -0.760. The van der Waals surface area contributed by atoms with Crippen molar-refractivity contribution in [1.82, 2.24) is 0 Å². The van der Waals surface area contributed by atoms with Crippen LogP contribution in [0.2, 0.25) is 5.02 Å². The van der Waals surface area contributed by atoms with Crippen molar-refractivity contribution in [2.75, 3.05) is 11.9 Å². The van der Waals surface area contributed by atoms with Crippen LogP contribution in [0.25, 0.3) is 0 Å². The van der Waals surface area contributed by atoms with Crippen LogP contribution in [0.5, 0.6) is 0 Å². The normalized spacial score (nSPS) is 20.4. The zero-order chi connectivity index (χ0) is 10.3. The smallest absolute Gasteiger partial charge is 0.114 e. The number of benzene rings is 1. The number of hydrogen-bond donors (Lipinski definition) is 1. The van der Waals surface area contributed by atoms with Gasteiger partial charge in [0.15, 0.2) is 0 Å². The van der Waals surface area contributed by atoms with Crippen LogP contribution in [0.15, 0.2) is 18.2 Å². The summed E-state index contributed by atoms with van der Waals surface area (Å²) < 4.78 is 13.8. The van der Waals surface area contributed by atoms with Gasteiger partial charge in [0.2, 0.25) is 0 Å². The minimum absolute atomic E-state index is 0.101. The first-order valence-corrected chi connectivity index (χ1v) is 5.08. The summed E-state index contributed by atoms with van der Waals surface area (Å²) in [6.45, 7) is 3.86. The molecule has 0 amide bonds. The Morgan fingerprint density at radius 3 is 2.86 bits per heavy atom. The highest BCUT2D eigenvalue weighted by molar-refractivity contribution is 6.30. The number of halogens is 2. The summed E-state index contributed by atoms with van der Waals surface area (Å²) in [5.74, 6) is -0.101. The molecule has 0 spiro atoms. The minimum Gasteiger partial charge on any atom is -0.384 e. The van der Waals surface area contributed by atoms with Crippen molar-refractivity contribution in [3.63, 3.8) is 0 Å². The van der Waals surface area contributed by atoms with Crippen LogP contribution in [0, 0.1) is 0 Å². The highest BCUT2D eigenvalue weighted by atomic mass is 35.5. The quantitative estimate of drug-likeness (QED) is 0.752. The Morgan fingerprint density at radius 1 is 1.50 bits per heavy atom.